The Labute approximate surface area is 193 Å². The number of carbonyl (C=O) groups excluding carboxylic acids is 2. The molecule has 4 aromatic rings. The lowest BCUT2D eigenvalue weighted by Gasteiger charge is -2.08. The summed E-state index contributed by atoms with van der Waals surface area (Å²) in [6.07, 6.45) is 0. The minimum atomic E-state index is -0.797. The standard InChI is InChI=1S/C24H20N2O6S/c1-30-16-7-8-21(31-2)17(11-16)19-13-33-24(25-19)26-22(28)12-32-23(29)18-9-14-5-3-4-6-15(14)10-20(18)27/h3-11,13,27H,12H2,1-2H3,(H,25,26,28). The van der Waals surface area contributed by atoms with Gasteiger partial charge in [0, 0.05) is 10.9 Å². The fourth-order valence-corrected chi connectivity index (χ4v) is 3.95. The maximum absolute atomic E-state index is 12.4. The molecule has 2 N–H and O–H groups in total. The normalized spacial score (nSPS) is 10.6. The Balaban J connectivity index is 1.41. The summed E-state index contributed by atoms with van der Waals surface area (Å²) in [6, 6.07) is 15.6. The van der Waals surface area contributed by atoms with Gasteiger partial charge in [-0.15, -0.1) is 11.3 Å². The number of thiazole rings is 1. The lowest BCUT2D eigenvalue weighted by molar-refractivity contribution is -0.119. The highest BCUT2D eigenvalue weighted by Crippen LogP contribution is 2.35. The summed E-state index contributed by atoms with van der Waals surface area (Å²) in [4.78, 5) is 29.1. The Bertz CT molecular complexity index is 1330. The Morgan fingerprint density at radius 1 is 1.03 bits per heavy atom. The van der Waals surface area contributed by atoms with Crippen molar-refractivity contribution < 1.29 is 28.9 Å². The van der Waals surface area contributed by atoms with Gasteiger partial charge in [-0.1, -0.05) is 24.3 Å². The Kier molecular flexibility index (Phi) is 6.41. The fourth-order valence-electron chi connectivity index (χ4n) is 3.23. The number of aromatic nitrogens is 1. The molecule has 0 saturated carbocycles. The van der Waals surface area contributed by atoms with Crippen LogP contribution >= 0.6 is 11.3 Å². The number of hydrogen-bond acceptors (Lipinski definition) is 8. The molecule has 0 aliphatic heterocycles. The van der Waals surface area contributed by atoms with E-state index in [0.29, 0.717) is 27.9 Å². The van der Waals surface area contributed by atoms with E-state index in [0.717, 1.165) is 10.8 Å². The van der Waals surface area contributed by atoms with E-state index in [1.54, 1.807) is 37.8 Å². The number of nitrogens with one attached hydrogen (secondary N) is 1. The van der Waals surface area contributed by atoms with Gasteiger partial charge >= 0.3 is 5.97 Å². The summed E-state index contributed by atoms with van der Waals surface area (Å²) in [5.41, 5.74) is 1.30. The lowest BCUT2D eigenvalue weighted by Crippen LogP contribution is -2.20. The third-order valence-electron chi connectivity index (χ3n) is 4.85. The van der Waals surface area contributed by atoms with Gasteiger partial charge in [0.15, 0.2) is 11.7 Å². The molecule has 0 aliphatic carbocycles. The molecule has 1 heterocycles. The Morgan fingerprint density at radius 2 is 1.79 bits per heavy atom. The number of benzene rings is 3. The molecule has 0 radical (unpaired) electrons. The molecule has 8 nitrogen and oxygen atoms in total. The maximum atomic E-state index is 12.4. The fraction of sp³-hybridized carbons (Fsp3) is 0.125. The summed E-state index contributed by atoms with van der Waals surface area (Å²) < 4.78 is 15.7. The number of phenolic OH excluding ortho intramolecular Hbond substituents is 1. The minimum Gasteiger partial charge on any atom is -0.507 e. The molecule has 0 atom stereocenters. The highest BCUT2D eigenvalue weighted by atomic mass is 32.1. The van der Waals surface area contributed by atoms with Crippen molar-refractivity contribution in [2.24, 2.45) is 0 Å². The van der Waals surface area contributed by atoms with Crippen molar-refractivity contribution in [2.45, 2.75) is 0 Å². The van der Waals surface area contributed by atoms with Gasteiger partial charge in [-0.2, -0.15) is 0 Å². The molecule has 4 rings (SSSR count). The van der Waals surface area contributed by atoms with Crippen LogP contribution in [0.1, 0.15) is 10.4 Å². The summed E-state index contributed by atoms with van der Waals surface area (Å²) in [5.74, 6) is -0.302. The molecule has 0 bridgehead atoms. The van der Waals surface area contributed by atoms with Gasteiger partial charge < -0.3 is 19.3 Å². The van der Waals surface area contributed by atoms with Crippen molar-refractivity contribution in [3.63, 3.8) is 0 Å². The monoisotopic (exact) mass is 464 g/mol. The van der Waals surface area contributed by atoms with E-state index in [9.17, 15) is 14.7 Å². The van der Waals surface area contributed by atoms with Crippen LogP contribution in [0.15, 0.2) is 60.0 Å². The van der Waals surface area contributed by atoms with Crippen LogP contribution in [0.25, 0.3) is 22.0 Å². The van der Waals surface area contributed by atoms with E-state index in [-0.39, 0.29) is 11.3 Å². The van der Waals surface area contributed by atoms with Gasteiger partial charge in [-0.05, 0) is 41.1 Å². The van der Waals surface area contributed by atoms with Crippen LogP contribution in [-0.4, -0.2) is 42.8 Å². The smallest absolute Gasteiger partial charge is 0.342 e. The molecule has 33 heavy (non-hydrogen) atoms. The van der Waals surface area contributed by atoms with Gasteiger partial charge in [0.25, 0.3) is 5.91 Å². The van der Waals surface area contributed by atoms with Crippen molar-refractivity contribution >= 4 is 39.1 Å². The van der Waals surface area contributed by atoms with Crippen molar-refractivity contribution in [3.8, 4) is 28.5 Å². The number of fused-ring (bicyclic) bond motifs is 1. The molecule has 0 fully saturated rings. The average Bonchev–Trinajstić information content (AvgIpc) is 3.29. The Morgan fingerprint density at radius 3 is 2.52 bits per heavy atom. The second-order valence-corrected chi connectivity index (χ2v) is 7.80. The van der Waals surface area contributed by atoms with E-state index in [4.69, 9.17) is 14.2 Å². The first-order chi connectivity index (χ1) is 16.0. The molecule has 0 spiro atoms. The lowest BCUT2D eigenvalue weighted by atomic mass is 10.1. The number of anilines is 1. The molecule has 1 aromatic heterocycles. The zero-order chi connectivity index (χ0) is 23.4. The molecule has 1 amide bonds. The molecule has 3 aromatic carbocycles. The number of hydrogen-bond donors (Lipinski definition) is 2. The van der Waals surface area contributed by atoms with Crippen molar-refractivity contribution in [1.82, 2.24) is 4.98 Å². The highest BCUT2D eigenvalue weighted by Gasteiger charge is 2.17. The van der Waals surface area contributed by atoms with E-state index in [1.807, 2.05) is 24.3 Å². The van der Waals surface area contributed by atoms with Crippen LogP contribution < -0.4 is 14.8 Å². The SMILES string of the molecule is COc1ccc(OC)c(-c2csc(NC(=O)COC(=O)c3cc4ccccc4cc3O)n2)c1. The number of methoxy groups -OCH3 is 2. The first-order valence-electron chi connectivity index (χ1n) is 9.85. The number of carbonyl (C=O) groups is 2. The van der Waals surface area contributed by atoms with Crippen LogP contribution in [-0.2, 0) is 9.53 Å². The van der Waals surface area contributed by atoms with Crippen LogP contribution in [0.2, 0.25) is 0 Å². The van der Waals surface area contributed by atoms with Gasteiger partial charge in [0.1, 0.15) is 22.8 Å². The third kappa shape index (κ3) is 4.88. The van der Waals surface area contributed by atoms with Gasteiger partial charge in [-0.25, -0.2) is 9.78 Å². The molecule has 9 heteroatoms. The second-order valence-electron chi connectivity index (χ2n) is 6.94. The van der Waals surface area contributed by atoms with Gasteiger partial charge in [-0.3, -0.25) is 10.1 Å². The molecule has 0 aliphatic rings. The van der Waals surface area contributed by atoms with Crippen molar-refractivity contribution in [3.05, 3.63) is 65.5 Å². The van der Waals surface area contributed by atoms with Crippen molar-refractivity contribution in [2.75, 3.05) is 26.1 Å². The number of nitrogens with zero attached hydrogens (tertiary/aromatic N) is 1. The molecular formula is C24H20N2O6S. The van der Waals surface area contributed by atoms with E-state index >= 15 is 0 Å². The number of esters is 1. The topological polar surface area (TPSA) is 107 Å². The molecule has 0 saturated heterocycles. The zero-order valence-electron chi connectivity index (χ0n) is 17.8. The molecular weight excluding hydrogens is 444 g/mol. The van der Waals surface area contributed by atoms with Gasteiger partial charge in [0.05, 0.1) is 19.9 Å². The van der Waals surface area contributed by atoms with Crippen LogP contribution in [0.5, 0.6) is 17.2 Å². The van der Waals surface area contributed by atoms with Crippen LogP contribution in [0.3, 0.4) is 0 Å². The summed E-state index contributed by atoms with van der Waals surface area (Å²) in [7, 11) is 3.12. The summed E-state index contributed by atoms with van der Waals surface area (Å²) in [5, 5.41) is 16.4. The molecule has 168 valence electrons. The number of amides is 1. The van der Waals surface area contributed by atoms with E-state index < -0.39 is 18.5 Å². The minimum absolute atomic E-state index is 0.0110. The highest BCUT2D eigenvalue weighted by molar-refractivity contribution is 7.14. The Hall–Kier alpha value is -4.11. The molecule has 0 unspecified atom stereocenters. The number of rotatable bonds is 7. The maximum Gasteiger partial charge on any atom is 0.342 e. The predicted octanol–water partition coefficient (Wildman–Crippen LogP) is 4.48. The van der Waals surface area contributed by atoms with Gasteiger partial charge in [0.2, 0.25) is 0 Å². The zero-order valence-corrected chi connectivity index (χ0v) is 18.6. The van der Waals surface area contributed by atoms with Crippen LogP contribution in [0.4, 0.5) is 5.13 Å². The van der Waals surface area contributed by atoms with E-state index in [1.165, 1.54) is 23.5 Å². The van der Waals surface area contributed by atoms with Crippen molar-refractivity contribution in [1.29, 1.82) is 0 Å². The number of ether oxygens (including phenoxy) is 3. The summed E-state index contributed by atoms with van der Waals surface area (Å²) >= 11 is 1.22. The number of phenols is 1. The number of aromatic hydroxyl groups is 1. The average molecular weight is 464 g/mol. The second kappa shape index (κ2) is 9.58. The largest absolute Gasteiger partial charge is 0.507 e. The quantitative estimate of drug-likeness (QED) is 0.388. The third-order valence-corrected chi connectivity index (χ3v) is 5.61. The summed E-state index contributed by atoms with van der Waals surface area (Å²) in [6.45, 7) is -0.525. The first-order valence-corrected chi connectivity index (χ1v) is 10.7. The van der Waals surface area contributed by atoms with E-state index in [2.05, 4.69) is 10.3 Å². The van der Waals surface area contributed by atoms with Crippen LogP contribution in [0, 0.1) is 0 Å². The first kappa shape index (κ1) is 22.1. The predicted molar refractivity (Wildman–Crippen MR) is 125 cm³/mol.